The van der Waals surface area contributed by atoms with Gasteiger partial charge >= 0.3 is 0 Å². The summed E-state index contributed by atoms with van der Waals surface area (Å²) in [5.74, 6) is -0.0407. The van der Waals surface area contributed by atoms with Gasteiger partial charge in [0.2, 0.25) is 5.91 Å². The Kier molecular flexibility index (Phi) is 6.44. The number of aromatic nitrogens is 3. The van der Waals surface area contributed by atoms with Crippen molar-refractivity contribution in [3.05, 3.63) is 77.3 Å². The molecule has 6 nitrogen and oxygen atoms in total. The van der Waals surface area contributed by atoms with Gasteiger partial charge in [-0.2, -0.15) is 5.10 Å². The van der Waals surface area contributed by atoms with Crippen LogP contribution in [0.3, 0.4) is 0 Å². The molecule has 1 amide bonds. The van der Waals surface area contributed by atoms with E-state index in [4.69, 9.17) is 11.6 Å². The molecule has 3 aromatic rings. The highest BCUT2D eigenvalue weighted by Gasteiger charge is 2.17. The van der Waals surface area contributed by atoms with E-state index in [1.54, 1.807) is 11.0 Å². The topological polar surface area (TPSA) is 63.1 Å². The van der Waals surface area contributed by atoms with Crippen LogP contribution in [0.2, 0.25) is 5.02 Å². The summed E-state index contributed by atoms with van der Waals surface area (Å²) in [5, 5.41) is 7.80. The maximum Gasteiger partial charge on any atom is 0.234 e. The fourth-order valence-electron chi connectivity index (χ4n) is 3.06. The van der Waals surface area contributed by atoms with Crippen molar-refractivity contribution in [1.29, 1.82) is 0 Å². The molecule has 0 saturated heterocycles. The Hall–Kier alpha value is -2.70. The van der Waals surface area contributed by atoms with Gasteiger partial charge < -0.3 is 5.32 Å². The summed E-state index contributed by atoms with van der Waals surface area (Å²) < 4.78 is 1.71. The number of hydrogen-bond donors (Lipinski definition) is 1. The molecule has 0 saturated carbocycles. The van der Waals surface area contributed by atoms with Crippen molar-refractivity contribution in [2.75, 3.05) is 13.6 Å². The van der Waals surface area contributed by atoms with Crippen molar-refractivity contribution >= 4 is 17.5 Å². The number of halogens is 1. The van der Waals surface area contributed by atoms with Crippen LogP contribution in [0.25, 0.3) is 5.69 Å². The van der Waals surface area contributed by atoms with E-state index >= 15 is 0 Å². The molecule has 1 aromatic heterocycles. The van der Waals surface area contributed by atoms with E-state index in [2.05, 4.69) is 22.3 Å². The second kappa shape index (κ2) is 8.99. The third kappa shape index (κ3) is 4.77. The third-order valence-corrected chi connectivity index (χ3v) is 5.21. The quantitative estimate of drug-likeness (QED) is 0.658. The standard InChI is InChI=1S/C21H24ClN5O/c1-15(19-6-4-5-7-20(19)22)25-21(28)12-26(3)16(2)17-8-10-18(11-9-17)27-14-23-13-24-27/h4-11,13-16H,12H2,1-3H3,(H,25,28)/t15-,16-/m0/s1. The van der Waals surface area contributed by atoms with E-state index in [0.29, 0.717) is 11.6 Å². The first-order valence-electron chi connectivity index (χ1n) is 9.14. The summed E-state index contributed by atoms with van der Waals surface area (Å²) in [4.78, 5) is 18.5. The molecule has 0 aliphatic carbocycles. The second-order valence-corrected chi connectivity index (χ2v) is 7.24. The Morgan fingerprint density at radius 2 is 1.89 bits per heavy atom. The lowest BCUT2D eigenvalue weighted by molar-refractivity contribution is -0.123. The predicted octanol–water partition coefficient (Wildman–Crippen LogP) is 3.79. The fourth-order valence-corrected chi connectivity index (χ4v) is 3.36. The molecule has 0 radical (unpaired) electrons. The summed E-state index contributed by atoms with van der Waals surface area (Å²) in [7, 11) is 1.94. The average Bonchev–Trinajstić information content (AvgIpc) is 3.22. The van der Waals surface area contributed by atoms with Crippen molar-refractivity contribution in [1.82, 2.24) is 25.0 Å². The number of amides is 1. The van der Waals surface area contributed by atoms with Gasteiger partial charge in [-0.05, 0) is 50.2 Å². The summed E-state index contributed by atoms with van der Waals surface area (Å²) in [6.07, 6.45) is 3.17. The maximum absolute atomic E-state index is 12.5. The minimum Gasteiger partial charge on any atom is -0.348 e. The molecule has 0 aliphatic heterocycles. The molecular weight excluding hydrogens is 374 g/mol. The van der Waals surface area contributed by atoms with Gasteiger partial charge in [-0.25, -0.2) is 9.67 Å². The minimum absolute atomic E-state index is 0.0407. The molecular formula is C21H24ClN5O. The maximum atomic E-state index is 12.5. The summed E-state index contributed by atoms with van der Waals surface area (Å²) in [6.45, 7) is 4.31. The zero-order chi connectivity index (χ0) is 20.1. The number of carbonyl (C=O) groups excluding carboxylic acids is 1. The molecule has 0 fully saturated rings. The van der Waals surface area contributed by atoms with E-state index in [1.165, 1.54) is 6.33 Å². The highest BCUT2D eigenvalue weighted by Crippen LogP contribution is 2.23. The third-order valence-electron chi connectivity index (χ3n) is 4.86. The largest absolute Gasteiger partial charge is 0.348 e. The van der Waals surface area contributed by atoms with Crippen LogP contribution in [0.4, 0.5) is 0 Å². The molecule has 1 N–H and O–H groups in total. The molecule has 28 heavy (non-hydrogen) atoms. The number of benzene rings is 2. The predicted molar refractivity (Wildman–Crippen MR) is 110 cm³/mol. The minimum atomic E-state index is -0.146. The van der Waals surface area contributed by atoms with Gasteiger partial charge in [0.15, 0.2) is 0 Å². The van der Waals surface area contributed by atoms with Crippen LogP contribution in [0, 0.1) is 0 Å². The van der Waals surface area contributed by atoms with Gasteiger partial charge in [-0.3, -0.25) is 9.69 Å². The highest BCUT2D eigenvalue weighted by molar-refractivity contribution is 6.31. The molecule has 0 spiro atoms. The Labute approximate surface area is 170 Å². The SMILES string of the molecule is C[C@H](NC(=O)CN(C)[C@@H](C)c1ccc(-n2cncn2)cc1)c1ccccc1Cl. The van der Waals surface area contributed by atoms with E-state index in [-0.39, 0.29) is 18.0 Å². The Morgan fingerprint density at radius 3 is 2.54 bits per heavy atom. The Bertz CT molecular complexity index is 911. The summed E-state index contributed by atoms with van der Waals surface area (Å²) in [5.41, 5.74) is 2.98. The lowest BCUT2D eigenvalue weighted by Gasteiger charge is -2.25. The van der Waals surface area contributed by atoms with Gasteiger partial charge in [0.05, 0.1) is 18.3 Å². The van der Waals surface area contributed by atoms with Crippen LogP contribution in [-0.4, -0.2) is 39.2 Å². The number of likely N-dealkylation sites (N-methyl/N-ethyl adjacent to an activating group) is 1. The van der Waals surface area contributed by atoms with Gasteiger partial charge in [-0.15, -0.1) is 0 Å². The monoisotopic (exact) mass is 397 g/mol. The smallest absolute Gasteiger partial charge is 0.234 e. The number of nitrogens with one attached hydrogen (secondary N) is 1. The van der Waals surface area contributed by atoms with Crippen LogP contribution in [0.1, 0.15) is 37.1 Å². The van der Waals surface area contributed by atoms with Crippen molar-refractivity contribution < 1.29 is 4.79 Å². The second-order valence-electron chi connectivity index (χ2n) is 6.83. The Balaban J connectivity index is 1.58. The zero-order valence-corrected chi connectivity index (χ0v) is 17.0. The first kappa shape index (κ1) is 20.0. The fraction of sp³-hybridized carbons (Fsp3) is 0.286. The van der Waals surface area contributed by atoms with E-state index in [9.17, 15) is 4.79 Å². The van der Waals surface area contributed by atoms with E-state index in [1.807, 2.05) is 67.4 Å². The molecule has 2 aromatic carbocycles. The summed E-state index contributed by atoms with van der Waals surface area (Å²) in [6, 6.07) is 15.6. The van der Waals surface area contributed by atoms with Crippen LogP contribution >= 0.6 is 11.6 Å². The number of carbonyl (C=O) groups is 1. The first-order valence-corrected chi connectivity index (χ1v) is 9.52. The van der Waals surface area contributed by atoms with Crippen LogP contribution in [0.15, 0.2) is 61.2 Å². The van der Waals surface area contributed by atoms with E-state index < -0.39 is 0 Å². The van der Waals surface area contributed by atoms with Crippen LogP contribution in [-0.2, 0) is 4.79 Å². The average molecular weight is 398 g/mol. The van der Waals surface area contributed by atoms with Crippen molar-refractivity contribution in [3.8, 4) is 5.69 Å². The number of hydrogen-bond acceptors (Lipinski definition) is 4. The van der Waals surface area contributed by atoms with Crippen LogP contribution < -0.4 is 5.32 Å². The van der Waals surface area contributed by atoms with Gasteiger partial charge in [0, 0.05) is 11.1 Å². The molecule has 3 rings (SSSR count). The normalized spacial score (nSPS) is 13.3. The highest BCUT2D eigenvalue weighted by atomic mass is 35.5. The zero-order valence-electron chi connectivity index (χ0n) is 16.2. The molecule has 0 unspecified atom stereocenters. The van der Waals surface area contributed by atoms with Crippen molar-refractivity contribution in [2.45, 2.75) is 25.9 Å². The number of nitrogens with zero attached hydrogens (tertiary/aromatic N) is 4. The number of rotatable bonds is 7. The van der Waals surface area contributed by atoms with Crippen LogP contribution in [0.5, 0.6) is 0 Å². The molecule has 0 aliphatic rings. The van der Waals surface area contributed by atoms with Gasteiger partial charge in [0.1, 0.15) is 12.7 Å². The first-order chi connectivity index (χ1) is 13.5. The van der Waals surface area contributed by atoms with Crippen molar-refractivity contribution in [3.63, 3.8) is 0 Å². The molecule has 2 atom stereocenters. The van der Waals surface area contributed by atoms with Gasteiger partial charge in [0.25, 0.3) is 0 Å². The molecule has 146 valence electrons. The molecule has 0 bridgehead atoms. The summed E-state index contributed by atoms with van der Waals surface area (Å²) >= 11 is 6.22. The Morgan fingerprint density at radius 1 is 1.18 bits per heavy atom. The van der Waals surface area contributed by atoms with Crippen molar-refractivity contribution in [2.24, 2.45) is 0 Å². The molecule has 1 heterocycles. The molecule has 7 heteroatoms. The van der Waals surface area contributed by atoms with E-state index in [0.717, 1.165) is 16.8 Å². The lowest BCUT2D eigenvalue weighted by Crippen LogP contribution is -2.37. The lowest BCUT2D eigenvalue weighted by atomic mass is 10.1. The van der Waals surface area contributed by atoms with Gasteiger partial charge in [-0.1, -0.05) is 41.9 Å².